The highest BCUT2D eigenvalue weighted by molar-refractivity contribution is 7.90. The Kier molecular flexibility index (Phi) is 5.00. The summed E-state index contributed by atoms with van der Waals surface area (Å²) in [6, 6.07) is 12.0. The zero-order valence-corrected chi connectivity index (χ0v) is 20.1. The number of carbonyl (C=O) groups excluding carboxylic acids is 1. The summed E-state index contributed by atoms with van der Waals surface area (Å²) < 4.78 is 25.4. The first kappa shape index (κ1) is 21.6. The Balaban J connectivity index is 1.48. The molecule has 1 saturated carbocycles. The van der Waals surface area contributed by atoms with Crippen molar-refractivity contribution in [1.82, 2.24) is 14.7 Å². The molecule has 1 saturated heterocycles. The lowest BCUT2D eigenvalue weighted by molar-refractivity contribution is 0.0766. The van der Waals surface area contributed by atoms with Gasteiger partial charge in [0.2, 0.25) is 0 Å². The van der Waals surface area contributed by atoms with E-state index in [0.29, 0.717) is 24.0 Å². The van der Waals surface area contributed by atoms with Gasteiger partial charge in [-0.1, -0.05) is 18.2 Å². The highest BCUT2D eigenvalue weighted by Crippen LogP contribution is 2.37. The summed E-state index contributed by atoms with van der Waals surface area (Å²) in [5.41, 5.74) is 4.45. The number of sulfone groups is 1. The predicted molar refractivity (Wildman–Crippen MR) is 125 cm³/mol. The van der Waals surface area contributed by atoms with Crippen molar-refractivity contribution in [3.8, 4) is 11.1 Å². The lowest BCUT2D eigenvalue weighted by atomic mass is 9.99. The maximum atomic E-state index is 12.7. The smallest absolute Gasteiger partial charge is 0.254 e. The molecule has 0 bridgehead atoms. The van der Waals surface area contributed by atoms with E-state index in [9.17, 15) is 13.2 Å². The Morgan fingerprint density at radius 3 is 2.38 bits per heavy atom. The third-order valence-corrected chi connectivity index (χ3v) is 8.19. The lowest BCUT2D eigenvalue weighted by Crippen LogP contribution is -2.39. The molecule has 170 valence electrons. The quantitative estimate of drug-likeness (QED) is 0.695. The van der Waals surface area contributed by atoms with E-state index in [1.807, 2.05) is 29.2 Å². The summed E-state index contributed by atoms with van der Waals surface area (Å²) in [5.74, 6) is 0.124. The van der Waals surface area contributed by atoms with Crippen LogP contribution in [0.1, 0.15) is 48.2 Å². The topological polar surface area (TPSA) is 60.9 Å². The van der Waals surface area contributed by atoms with Gasteiger partial charge in [-0.3, -0.25) is 14.6 Å². The van der Waals surface area contributed by atoms with Gasteiger partial charge in [-0.15, -0.1) is 0 Å². The number of carbonyl (C=O) groups is 1. The molecule has 1 aliphatic carbocycles. The van der Waals surface area contributed by atoms with Crippen LogP contribution in [0.25, 0.3) is 11.1 Å². The predicted octanol–water partition coefficient (Wildman–Crippen LogP) is 3.36. The van der Waals surface area contributed by atoms with Gasteiger partial charge in [-0.05, 0) is 74.2 Å². The summed E-state index contributed by atoms with van der Waals surface area (Å²) in [6.07, 6.45) is 3.47. The second kappa shape index (κ2) is 7.40. The summed E-state index contributed by atoms with van der Waals surface area (Å²) in [5, 5.41) is 0. The zero-order chi connectivity index (χ0) is 22.8. The number of hydrogen-bond donors (Lipinski definition) is 0. The number of rotatable bonds is 5. The monoisotopic (exact) mass is 453 g/mol. The van der Waals surface area contributed by atoms with Crippen LogP contribution >= 0.6 is 0 Å². The van der Waals surface area contributed by atoms with Crippen LogP contribution < -0.4 is 0 Å². The van der Waals surface area contributed by atoms with Gasteiger partial charge in [-0.2, -0.15) is 0 Å². The van der Waals surface area contributed by atoms with Crippen LogP contribution in [0.3, 0.4) is 0 Å². The Bertz CT molecular complexity index is 1200. The summed E-state index contributed by atoms with van der Waals surface area (Å²) in [7, 11) is -1.30. The molecule has 1 amide bonds. The van der Waals surface area contributed by atoms with E-state index in [0.717, 1.165) is 53.9 Å². The first-order valence-corrected chi connectivity index (χ1v) is 13.1. The average Bonchev–Trinajstić information content (AvgIpc) is 3.45. The van der Waals surface area contributed by atoms with Crippen LogP contribution in [0, 0.1) is 0 Å². The first-order valence-electron chi connectivity index (χ1n) is 11.2. The molecule has 2 heterocycles. The molecule has 2 aromatic rings. The second-order valence-electron chi connectivity index (χ2n) is 10.3. The molecule has 2 aromatic carbocycles. The van der Waals surface area contributed by atoms with Crippen molar-refractivity contribution in [3.63, 3.8) is 0 Å². The SMILES string of the molecule is CN1CN(Cc2ccc(-c3ccc4c(c3)CN(C3CC3)C4=O)cc2S(C)(=O)=O)C(C)(C)C1. The van der Waals surface area contributed by atoms with Crippen LogP contribution in [-0.2, 0) is 22.9 Å². The number of fused-ring (bicyclic) bond motifs is 1. The Morgan fingerprint density at radius 2 is 1.75 bits per heavy atom. The second-order valence-corrected chi connectivity index (χ2v) is 12.3. The molecule has 3 aliphatic rings. The molecule has 0 N–H and O–H groups in total. The summed E-state index contributed by atoms with van der Waals surface area (Å²) in [6.45, 7) is 7.40. The minimum atomic E-state index is -3.39. The minimum absolute atomic E-state index is 0.0118. The molecule has 0 unspecified atom stereocenters. The molecule has 0 spiro atoms. The molecular formula is C25H31N3O3S. The lowest BCUT2D eigenvalue weighted by Gasteiger charge is -2.30. The Morgan fingerprint density at radius 1 is 1.06 bits per heavy atom. The van der Waals surface area contributed by atoms with Crippen molar-refractivity contribution in [1.29, 1.82) is 0 Å². The van der Waals surface area contributed by atoms with Crippen molar-refractivity contribution in [2.45, 2.75) is 56.3 Å². The molecule has 32 heavy (non-hydrogen) atoms. The first-order chi connectivity index (χ1) is 15.0. The van der Waals surface area contributed by atoms with Crippen molar-refractivity contribution in [2.24, 2.45) is 0 Å². The van der Waals surface area contributed by atoms with E-state index in [2.05, 4.69) is 36.8 Å². The molecule has 0 radical (unpaired) electrons. The van der Waals surface area contributed by atoms with Crippen LogP contribution in [0.5, 0.6) is 0 Å². The molecular weight excluding hydrogens is 422 g/mol. The normalized spacial score (nSPS) is 21.4. The maximum Gasteiger partial charge on any atom is 0.254 e. The largest absolute Gasteiger partial charge is 0.331 e. The number of nitrogens with zero attached hydrogens (tertiary/aromatic N) is 3. The molecule has 0 atom stereocenters. The summed E-state index contributed by atoms with van der Waals surface area (Å²) >= 11 is 0. The van der Waals surface area contributed by atoms with E-state index in [1.54, 1.807) is 6.07 Å². The van der Waals surface area contributed by atoms with E-state index in [-0.39, 0.29) is 11.4 Å². The Hall–Kier alpha value is -2.22. The third kappa shape index (κ3) is 3.87. The van der Waals surface area contributed by atoms with Gasteiger partial charge in [0.05, 0.1) is 11.6 Å². The van der Waals surface area contributed by atoms with Gasteiger partial charge in [0.15, 0.2) is 9.84 Å². The van der Waals surface area contributed by atoms with Gasteiger partial charge in [-0.25, -0.2) is 8.42 Å². The number of likely N-dealkylation sites (N-methyl/N-ethyl adjacent to an activating group) is 1. The van der Waals surface area contributed by atoms with Gasteiger partial charge in [0, 0.05) is 43.0 Å². The third-order valence-electron chi connectivity index (χ3n) is 7.01. The van der Waals surface area contributed by atoms with Crippen molar-refractivity contribution < 1.29 is 13.2 Å². The fourth-order valence-electron chi connectivity index (χ4n) is 5.18. The van der Waals surface area contributed by atoms with E-state index < -0.39 is 9.84 Å². The highest BCUT2D eigenvalue weighted by Gasteiger charge is 2.38. The average molecular weight is 454 g/mol. The van der Waals surface area contributed by atoms with Gasteiger partial charge < -0.3 is 4.90 Å². The van der Waals surface area contributed by atoms with E-state index in [1.165, 1.54) is 6.26 Å². The fourth-order valence-corrected chi connectivity index (χ4v) is 6.13. The van der Waals surface area contributed by atoms with Crippen LogP contribution in [0.15, 0.2) is 41.3 Å². The molecule has 0 aromatic heterocycles. The van der Waals surface area contributed by atoms with Crippen molar-refractivity contribution >= 4 is 15.7 Å². The molecule has 2 fully saturated rings. The Labute approximate surface area is 190 Å². The maximum absolute atomic E-state index is 12.7. The standard InChI is InChI=1S/C25H31N3O3S/c1-25(2)15-26(3)16-27(25)13-19-6-5-18(12-23(19)32(4,30)31)17-7-10-22-20(11-17)14-28(24(22)29)21-8-9-21/h5-7,10-12,21H,8-9,13-16H2,1-4H3. The number of benzene rings is 2. The van der Waals surface area contributed by atoms with Crippen LogP contribution in [-0.4, -0.2) is 67.1 Å². The molecule has 2 aliphatic heterocycles. The number of amides is 1. The van der Waals surface area contributed by atoms with Gasteiger partial charge >= 0.3 is 0 Å². The van der Waals surface area contributed by atoms with E-state index in [4.69, 9.17) is 0 Å². The number of hydrogen-bond acceptors (Lipinski definition) is 5. The summed E-state index contributed by atoms with van der Waals surface area (Å²) in [4.78, 5) is 19.6. The minimum Gasteiger partial charge on any atom is -0.331 e. The molecule has 5 rings (SSSR count). The van der Waals surface area contributed by atoms with Crippen LogP contribution in [0.2, 0.25) is 0 Å². The van der Waals surface area contributed by atoms with Gasteiger partial charge in [0.25, 0.3) is 5.91 Å². The van der Waals surface area contributed by atoms with Crippen molar-refractivity contribution in [3.05, 3.63) is 53.1 Å². The zero-order valence-electron chi connectivity index (χ0n) is 19.3. The van der Waals surface area contributed by atoms with E-state index >= 15 is 0 Å². The highest BCUT2D eigenvalue weighted by atomic mass is 32.2. The van der Waals surface area contributed by atoms with Crippen LogP contribution in [0.4, 0.5) is 0 Å². The van der Waals surface area contributed by atoms with Gasteiger partial charge in [0.1, 0.15) is 0 Å². The fraction of sp³-hybridized carbons (Fsp3) is 0.480. The molecule has 6 nitrogen and oxygen atoms in total. The molecule has 7 heteroatoms. The van der Waals surface area contributed by atoms with Crippen molar-refractivity contribution in [2.75, 3.05) is 26.5 Å².